The lowest BCUT2D eigenvalue weighted by atomic mass is 9.98. The van der Waals surface area contributed by atoms with Crippen molar-refractivity contribution in [2.45, 2.75) is 6.92 Å². The number of aryl methyl sites for hydroxylation is 1. The van der Waals surface area contributed by atoms with Gasteiger partial charge in [0.05, 0.1) is 10.6 Å². The van der Waals surface area contributed by atoms with Crippen molar-refractivity contribution in [3.05, 3.63) is 121 Å². The molecule has 1 N–H and O–H groups in total. The highest BCUT2D eigenvalue weighted by molar-refractivity contribution is 7.74. The number of fused-ring (bicyclic) bond motifs is 1. The summed E-state index contributed by atoms with van der Waals surface area (Å²) >= 11 is 0. The maximum absolute atomic E-state index is 14.7. The van der Waals surface area contributed by atoms with E-state index in [1.165, 1.54) is 0 Å². The Balaban J connectivity index is 1.81. The van der Waals surface area contributed by atoms with Crippen LogP contribution in [0.25, 0.3) is 21.9 Å². The van der Waals surface area contributed by atoms with Crippen LogP contribution in [0.4, 0.5) is 0 Å². The van der Waals surface area contributed by atoms with Crippen LogP contribution in [0.3, 0.4) is 0 Å². The van der Waals surface area contributed by atoms with Crippen LogP contribution in [0.5, 0.6) is 11.5 Å². The number of phenolic OH excluding ortho intramolecular Hbond substituents is 1. The molecular formula is C29H23O3P. The third kappa shape index (κ3) is 3.92. The van der Waals surface area contributed by atoms with E-state index in [0.717, 1.165) is 11.1 Å². The van der Waals surface area contributed by atoms with Crippen LogP contribution >= 0.6 is 7.37 Å². The Morgan fingerprint density at radius 1 is 0.667 bits per heavy atom. The summed E-state index contributed by atoms with van der Waals surface area (Å²) in [6.07, 6.45) is 0. The van der Waals surface area contributed by atoms with E-state index < -0.39 is 7.37 Å². The van der Waals surface area contributed by atoms with Gasteiger partial charge < -0.3 is 9.63 Å². The molecule has 0 fully saturated rings. The molecule has 162 valence electrons. The zero-order valence-corrected chi connectivity index (χ0v) is 19.1. The highest BCUT2D eigenvalue weighted by Crippen LogP contribution is 2.51. The first-order valence-electron chi connectivity index (χ1n) is 10.8. The van der Waals surface area contributed by atoms with Crippen LogP contribution in [0.2, 0.25) is 0 Å². The first kappa shape index (κ1) is 21.1. The zero-order chi connectivity index (χ0) is 22.8. The van der Waals surface area contributed by atoms with E-state index in [9.17, 15) is 9.67 Å². The molecule has 5 aromatic carbocycles. The summed E-state index contributed by atoms with van der Waals surface area (Å²) in [6.45, 7) is 1.98. The van der Waals surface area contributed by atoms with Gasteiger partial charge in [-0.25, -0.2) is 0 Å². The summed E-state index contributed by atoms with van der Waals surface area (Å²) in [7, 11) is -3.51. The third-order valence-electron chi connectivity index (χ3n) is 5.72. The molecule has 0 aliphatic heterocycles. The first-order valence-corrected chi connectivity index (χ1v) is 12.4. The molecule has 33 heavy (non-hydrogen) atoms. The molecule has 0 atom stereocenters. The average Bonchev–Trinajstić information content (AvgIpc) is 2.87. The summed E-state index contributed by atoms with van der Waals surface area (Å²) in [5.74, 6) is 0.652. The monoisotopic (exact) mass is 450 g/mol. The Hall–Kier alpha value is -3.81. The van der Waals surface area contributed by atoms with Gasteiger partial charge in [-0.05, 0) is 48.9 Å². The Morgan fingerprint density at radius 3 is 1.79 bits per heavy atom. The largest absolute Gasteiger partial charge is 0.507 e. The minimum absolute atomic E-state index is 0.161. The van der Waals surface area contributed by atoms with Crippen molar-refractivity contribution >= 4 is 28.8 Å². The summed E-state index contributed by atoms with van der Waals surface area (Å²) in [5.41, 5.74) is 2.58. The number of benzene rings is 5. The Bertz CT molecular complexity index is 1420. The SMILES string of the molecule is Cc1ccc2c(OP(=O)(c3ccccc3)c3ccccc3)c(-c3ccccc3)cc(O)c2c1. The van der Waals surface area contributed by atoms with Crippen molar-refractivity contribution in [1.29, 1.82) is 0 Å². The summed E-state index contributed by atoms with van der Waals surface area (Å²) in [6, 6.07) is 35.8. The van der Waals surface area contributed by atoms with Gasteiger partial charge >= 0.3 is 7.37 Å². The summed E-state index contributed by atoms with van der Waals surface area (Å²) in [4.78, 5) is 0. The molecule has 0 spiro atoms. The van der Waals surface area contributed by atoms with E-state index >= 15 is 0 Å². The standard InChI is InChI=1S/C29H23O3P/c1-21-17-18-25-27(19-21)28(30)20-26(22-11-5-2-6-12-22)29(25)32-33(31,23-13-7-3-8-14-23)24-15-9-4-10-16-24/h2-20,30H,1H3. The van der Waals surface area contributed by atoms with E-state index in [0.29, 0.717) is 32.7 Å². The lowest BCUT2D eigenvalue weighted by Gasteiger charge is -2.24. The van der Waals surface area contributed by atoms with Gasteiger partial charge in [0, 0.05) is 16.3 Å². The van der Waals surface area contributed by atoms with Gasteiger partial charge in [-0.1, -0.05) is 84.4 Å². The quantitative estimate of drug-likeness (QED) is 0.299. The molecule has 0 saturated carbocycles. The second-order valence-corrected chi connectivity index (χ2v) is 10.3. The molecule has 0 aliphatic carbocycles. The lowest BCUT2D eigenvalue weighted by Crippen LogP contribution is -2.20. The fourth-order valence-corrected chi connectivity index (χ4v) is 6.15. The highest BCUT2D eigenvalue weighted by Gasteiger charge is 2.32. The van der Waals surface area contributed by atoms with Crippen molar-refractivity contribution in [2.24, 2.45) is 0 Å². The maximum Gasteiger partial charge on any atom is 0.306 e. The number of phenols is 1. The maximum atomic E-state index is 14.7. The van der Waals surface area contributed by atoms with Crippen molar-refractivity contribution in [3.8, 4) is 22.6 Å². The molecule has 4 heteroatoms. The molecule has 3 nitrogen and oxygen atoms in total. The van der Waals surface area contributed by atoms with Gasteiger partial charge in [0.15, 0.2) is 0 Å². The average molecular weight is 450 g/mol. The number of hydrogen-bond acceptors (Lipinski definition) is 3. The van der Waals surface area contributed by atoms with Crippen LogP contribution in [0.15, 0.2) is 115 Å². The van der Waals surface area contributed by atoms with Crippen LogP contribution in [0.1, 0.15) is 5.56 Å². The van der Waals surface area contributed by atoms with Crippen LogP contribution in [-0.2, 0) is 4.57 Å². The summed E-state index contributed by atoms with van der Waals surface area (Å²) in [5, 5.41) is 13.5. The predicted molar refractivity (Wildman–Crippen MR) is 136 cm³/mol. The number of aromatic hydroxyl groups is 1. The second-order valence-electron chi connectivity index (χ2n) is 8.00. The minimum atomic E-state index is -3.51. The van der Waals surface area contributed by atoms with Gasteiger partial charge in [0.2, 0.25) is 0 Å². The van der Waals surface area contributed by atoms with Crippen molar-refractivity contribution < 1.29 is 14.2 Å². The second kappa shape index (κ2) is 8.61. The number of rotatable bonds is 5. The molecule has 0 heterocycles. The Morgan fingerprint density at radius 2 is 1.21 bits per heavy atom. The molecule has 0 bridgehead atoms. The Kier molecular flexibility index (Phi) is 5.50. The van der Waals surface area contributed by atoms with Crippen molar-refractivity contribution in [1.82, 2.24) is 0 Å². The first-order chi connectivity index (χ1) is 16.1. The molecular weight excluding hydrogens is 427 g/mol. The van der Waals surface area contributed by atoms with Crippen molar-refractivity contribution in [3.63, 3.8) is 0 Å². The fourth-order valence-electron chi connectivity index (χ4n) is 4.06. The van der Waals surface area contributed by atoms with Crippen LogP contribution in [0, 0.1) is 6.92 Å². The summed E-state index contributed by atoms with van der Waals surface area (Å²) < 4.78 is 21.3. The topological polar surface area (TPSA) is 46.5 Å². The number of hydrogen-bond donors (Lipinski definition) is 1. The lowest BCUT2D eigenvalue weighted by molar-refractivity contribution is 0.479. The van der Waals surface area contributed by atoms with E-state index in [2.05, 4.69) is 0 Å². The molecule has 0 aliphatic rings. The smallest absolute Gasteiger partial charge is 0.306 e. The van der Waals surface area contributed by atoms with E-state index in [1.807, 2.05) is 116 Å². The van der Waals surface area contributed by atoms with Crippen molar-refractivity contribution in [2.75, 3.05) is 0 Å². The molecule has 0 saturated heterocycles. The molecule has 5 rings (SSSR count). The van der Waals surface area contributed by atoms with Crippen LogP contribution in [-0.4, -0.2) is 5.11 Å². The van der Waals surface area contributed by atoms with Gasteiger partial charge in [0.1, 0.15) is 11.5 Å². The van der Waals surface area contributed by atoms with Gasteiger partial charge in [-0.3, -0.25) is 4.57 Å². The zero-order valence-electron chi connectivity index (χ0n) is 18.2. The molecule has 0 amide bonds. The van der Waals surface area contributed by atoms with E-state index in [-0.39, 0.29) is 5.75 Å². The minimum Gasteiger partial charge on any atom is -0.507 e. The molecule has 5 aromatic rings. The Labute approximate surface area is 193 Å². The van der Waals surface area contributed by atoms with E-state index in [4.69, 9.17) is 4.52 Å². The normalized spacial score (nSPS) is 11.4. The fraction of sp³-hybridized carbons (Fsp3) is 0.0345. The third-order valence-corrected chi connectivity index (χ3v) is 8.11. The highest BCUT2D eigenvalue weighted by atomic mass is 31.2. The van der Waals surface area contributed by atoms with Gasteiger partial charge in [-0.2, -0.15) is 0 Å². The van der Waals surface area contributed by atoms with Crippen LogP contribution < -0.4 is 15.1 Å². The van der Waals surface area contributed by atoms with Gasteiger partial charge in [-0.15, -0.1) is 0 Å². The molecule has 0 aromatic heterocycles. The molecule has 0 radical (unpaired) electrons. The van der Waals surface area contributed by atoms with E-state index in [1.54, 1.807) is 6.07 Å². The molecule has 0 unspecified atom stereocenters. The predicted octanol–water partition coefficient (Wildman–Crippen LogP) is 6.83. The van der Waals surface area contributed by atoms with Gasteiger partial charge in [0.25, 0.3) is 0 Å².